The van der Waals surface area contributed by atoms with Gasteiger partial charge in [0.2, 0.25) is 0 Å². The van der Waals surface area contributed by atoms with Crippen molar-refractivity contribution in [2.45, 2.75) is 25.7 Å². The van der Waals surface area contributed by atoms with Crippen molar-refractivity contribution in [3.05, 3.63) is 35.4 Å². The van der Waals surface area contributed by atoms with Crippen LogP contribution in [0.15, 0.2) is 18.2 Å². The lowest BCUT2D eigenvalue weighted by molar-refractivity contribution is 0.240. The van der Waals surface area contributed by atoms with Crippen LogP contribution in [0.4, 0.5) is 8.78 Å². The van der Waals surface area contributed by atoms with Gasteiger partial charge in [0.05, 0.1) is 0 Å². The Balaban J connectivity index is 2.09. The fourth-order valence-electron chi connectivity index (χ4n) is 2.36. The third-order valence-corrected chi connectivity index (χ3v) is 3.45. The lowest BCUT2D eigenvalue weighted by atomic mass is 9.70. The van der Waals surface area contributed by atoms with E-state index in [4.69, 9.17) is 0 Å². The Labute approximate surface area is 94.9 Å². The highest BCUT2D eigenvalue weighted by Crippen LogP contribution is 2.43. The molecule has 0 spiro atoms. The van der Waals surface area contributed by atoms with Gasteiger partial charge in [0, 0.05) is 0 Å². The third-order valence-electron chi connectivity index (χ3n) is 3.45. The third kappa shape index (κ3) is 2.09. The topological polar surface area (TPSA) is 12.0 Å². The van der Waals surface area contributed by atoms with E-state index in [1.54, 1.807) is 12.1 Å². The molecule has 0 aromatic heterocycles. The van der Waals surface area contributed by atoms with Crippen LogP contribution in [-0.2, 0) is 0 Å². The van der Waals surface area contributed by atoms with Crippen LogP contribution in [0.2, 0.25) is 0 Å². The summed E-state index contributed by atoms with van der Waals surface area (Å²) in [7, 11) is 0. The lowest BCUT2D eigenvalue weighted by Gasteiger charge is -2.37. The molecule has 1 fully saturated rings. The quantitative estimate of drug-likeness (QED) is 0.830. The van der Waals surface area contributed by atoms with Gasteiger partial charge in [0.15, 0.2) is 11.6 Å². The second-order valence-electron chi connectivity index (χ2n) is 4.39. The molecule has 3 heteroatoms. The smallest absolute Gasteiger partial charge is 0.162 e. The number of nitrogens with one attached hydrogen (secondary N) is 1. The molecule has 0 radical (unpaired) electrons. The fourth-order valence-corrected chi connectivity index (χ4v) is 2.36. The Morgan fingerprint density at radius 1 is 1.31 bits per heavy atom. The van der Waals surface area contributed by atoms with Crippen molar-refractivity contribution in [2.75, 3.05) is 13.1 Å². The van der Waals surface area contributed by atoms with E-state index in [2.05, 4.69) is 12.2 Å². The lowest BCUT2D eigenvalue weighted by Crippen LogP contribution is -2.34. The van der Waals surface area contributed by atoms with Crippen LogP contribution in [0.3, 0.4) is 0 Å². The van der Waals surface area contributed by atoms with Crippen molar-refractivity contribution in [1.29, 1.82) is 0 Å². The van der Waals surface area contributed by atoms with Crippen molar-refractivity contribution in [3.63, 3.8) is 0 Å². The molecule has 1 aromatic carbocycles. The van der Waals surface area contributed by atoms with E-state index in [0.29, 0.717) is 11.5 Å². The normalized spacial score (nSPS) is 24.2. The molecule has 0 aliphatic heterocycles. The molecule has 2 rings (SSSR count). The van der Waals surface area contributed by atoms with Crippen LogP contribution in [-0.4, -0.2) is 13.1 Å². The molecule has 0 heterocycles. The predicted octanol–water partition coefficient (Wildman–Crippen LogP) is 3.07. The minimum atomic E-state index is -0.730. The molecule has 16 heavy (non-hydrogen) atoms. The van der Waals surface area contributed by atoms with E-state index in [0.717, 1.165) is 25.9 Å². The van der Waals surface area contributed by atoms with Gasteiger partial charge < -0.3 is 5.32 Å². The first-order valence-electron chi connectivity index (χ1n) is 5.88. The van der Waals surface area contributed by atoms with Crippen molar-refractivity contribution < 1.29 is 8.78 Å². The van der Waals surface area contributed by atoms with Gasteiger partial charge in [-0.25, -0.2) is 8.78 Å². The van der Waals surface area contributed by atoms with Crippen molar-refractivity contribution in [2.24, 2.45) is 5.92 Å². The number of benzene rings is 1. The largest absolute Gasteiger partial charge is 0.317 e. The summed E-state index contributed by atoms with van der Waals surface area (Å²) in [4.78, 5) is 0. The molecule has 2 atom stereocenters. The van der Waals surface area contributed by atoms with Gasteiger partial charge in [0.1, 0.15) is 0 Å². The summed E-state index contributed by atoms with van der Waals surface area (Å²) < 4.78 is 26.7. The number of rotatable bonds is 4. The van der Waals surface area contributed by atoms with Crippen molar-refractivity contribution in [3.8, 4) is 0 Å². The van der Waals surface area contributed by atoms with Crippen LogP contribution < -0.4 is 5.32 Å². The minimum Gasteiger partial charge on any atom is -0.317 e. The highest BCUT2D eigenvalue weighted by Gasteiger charge is 2.33. The average Bonchev–Trinajstić information content (AvgIpc) is 2.24. The molecule has 1 nitrogen and oxygen atoms in total. The van der Waals surface area contributed by atoms with Gasteiger partial charge in [-0.3, -0.25) is 0 Å². The fraction of sp³-hybridized carbons (Fsp3) is 0.538. The Morgan fingerprint density at radius 2 is 2.12 bits per heavy atom. The van der Waals surface area contributed by atoms with E-state index >= 15 is 0 Å². The number of hydrogen-bond acceptors (Lipinski definition) is 1. The summed E-state index contributed by atoms with van der Waals surface area (Å²) in [5, 5.41) is 3.27. The Bertz CT molecular complexity index is 365. The number of hydrogen-bond donors (Lipinski definition) is 1. The van der Waals surface area contributed by atoms with Crippen LogP contribution in [0, 0.1) is 17.6 Å². The van der Waals surface area contributed by atoms with Crippen LogP contribution in [0.25, 0.3) is 0 Å². The molecule has 0 amide bonds. The molecular weight excluding hydrogens is 208 g/mol. The van der Waals surface area contributed by atoms with E-state index in [9.17, 15) is 8.78 Å². The molecule has 0 saturated heterocycles. The van der Waals surface area contributed by atoms with E-state index in [1.807, 2.05) is 0 Å². The summed E-state index contributed by atoms with van der Waals surface area (Å²) in [5.74, 6) is -0.744. The molecule has 0 bridgehead atoms. The summed E-state index contributed by atoms with van der Waals surface area (Å²) in [6.45, 7) is 3.88. The monoisotopic (exact) mass is 225 g/mol. The Hall–Kier alpha value is -0.960. The predicted molar refractivity (Wildman–Crippen MR) is 60.4 cm³/mol. The van der Waals surface area contributed by atoms with E-state index in [-0.39, 0.29) is 5.92 Å². The Kier molecular flexibility index (Phi) is 3.54. The average molecular weight is 225 g/mol. The van der Waals surface area contributed by atoms with E-state index < -0.39 is 11.6 Å². The van der Waals surface area contributed by atoms with Crippen LogP contribution in [0.1, 0.15) is 31.2 Å². The maximum Gasteiger partial charge on any atom is 0.162 e. The van der Waals surface area contributed by atoms with Crippen molar-refractivity contribution >= 4 is 0 Å². The van der Waals surface area contributed by atoms with Gasteiger partial charge in [-0.15, -0.1) is 0 Å². The molecule has 1 aromatic rings. The van der Waals surface area contributed by atoms with Crippen molar-refractivity contribution in [1.82, 2.24) is 5.32 Å². The summed E-state index contributed by atoms with van der Waals surface area (Å²) in [6, 6.07) is 4.48. The van der Waals surface area contributed by atoms with Gasteiger partial charge >= 0.3 is 0 Å². The SMILES string of the molecule is CCNCC1CCC1c1cccc(F)c1F. The highest BCUT2D eigenvalue weighted by atomic mass is 19.2. The zero-order valence-electron chi connectivity index (χ0n) is 9.47. The van der Waals surface area contributed by atoms with Crippen LogP contribution in [0.5, 0.6) is 0 Å². The first-order chi connectivity index (χ1) is 7.74. The number of halogens is 2. The van der Waals surface area contributed by atoms with Gasteiger partial charge in [-0.05, 0) is 49.4 Å². The first kappa shape index (κ1) is 11.5. The second kappa shape index (κ2) is 4.91. The maximum absolute atomic E-state index is 13.6. The molecule has 1 aliphatic rings. The van der Waals surface area contributed by atoms with Crippen LogP contribution >= 0.6 is 0 Å². The van der Waals surface area contributed by atoms with Gasteiger partial charge in [0.25, 0.3) is 0 Å². The highest BCUT2D eigenvalue weighted by molar-refractivity contribution is 5.25. The molecule has 1 saturated carbocycles. The zero-order chi connectivity index (χ0) is 11.5. The molecule has 88 valence electrons. The maximum atomic E-state index is 13.6. The van der Waals surface area contributed by atoms with Gasteiger partial charge in [-0.1, -0.05) is 19.1 Å². The summed E-state index contributed by atoms with van der Waals surface area (Å²) in [5.41, 5.74) is 0.550. The second-order valence-corrected chi connectivity index (χ2v) is 4.39. The van der Waals surface area contributed by atoms with Gasteiger partial charge in [-0.2, -0.15) is 0 Å². The van der Waals surface area contributed by atoms with E-state index in [1.165, 1.54) is 6.07 Å². The zero-order valence-corrected chi connectivity index (χ0v) is 9.47. The standard InChI is InChI=1S/C13H17F2N/c1-2-16-8-9-6-7-10(9)11-4-3-5-12(14)13(11)15/h3-5,9-10,16H,2,6-8H2,1H3. The molecular formula is C13H17F2N. The molecule has 2 unspecified atom stereocenters. The minimum absolute atomic E-state index is 0.190. The summed E-state index contributed by atoms with van der Waals surface area (Å²) in [6.07, 6.45) is 2.07. The molecule has 1 aliphatic carbocycles. The first-order valence-corrected chi connectivity index (χ1v) is 5.88. The summed E-state index contributed by atoms with van der Waals surface area (Å²) >= 11 is 0. The molecule has 1 N–H and O–H groups in total. The Morgan fingerprint density at radius 3 is 2.75 bits per heavy atom.